The minimum Gasteiger partial charge on any atom is -0.496 e. The van der Waals surface area contributed by atoms with Crippen molar-refractivity contribution in [2.45, 2.75) is 6.61 Å². The van der Waals surface area contributed by atoms with E-state index >= 15 is 0 Å². The number of halogens is 1. The number of methoxy groups -OCH3 is 1. The third kappa shape index (κ3) is 3.42. The predicted octanol–water partition coefficient (Wildman–Crippen LogP) is 3.46. The molecule has 0 radical (unpaired) electrons. The highest BCUT2D eigenvalue weighted by Crippen LogP contribution is 2.26. The number of esters is 1. The number of nitrogens with zero attached hydrogens (tertiary/aromatic N) is 2. The second kappa shape index (κ2) is 6.66. The van der Waals surface area contributed by atoms with Crippen molar-refractivity contribution >= 4 is 21.9 Å². The van der Waals surface area contributed by atoms with E-state index in [1.165, 1.54) is 6.26 Å². The van der Waals surface area contributed by atoms with Crippen LogP contribution in [0.3, 0.4) is 0 Å². The molecule has 3 rings (SSSR count). The third-order valence-corrected chi connectivity index (χ3v) is 3.53. The molecule has 0 saturated heterocycles. The fourth-order valence-corrected chi connectivity index (χ4v) is 2.36. The molecule has 0 atom stereocenters. The van der Waals surface area contributed by atoms with Gasteiger partial charge in [-0.15, -0.1) is 10.2 Å². The summed E-state index contributed by atoms with van der Waals surface area (Å²) >= 11 is 3.31. The van der Waals surface area contributed by atoms with Gasteiger partial charge in [0.15, 0.2) is 12.4 Å². The molecule has 8 heteroatoms. The Kier molecular flexibility index (Phi) is 4.42. The van der Waals surface area contributed by atoms with Crippen LogP contribution < -0.4 is 4.74 Å². The van der Waals surface area contributed by atoms with E-state index in [-0.39, 0.29) is 18.4 Å². The Balaban J connectivity index is 1.64. The van der Waals surface area contributed by atoms with Gasteiger partial charge < -0.3 is 18.3 Å². The first-order valence-electron chi connectivity index (χ1n) is 6.54. The minimum absolute atomic E-state index is 0.129. The highest BCUT2D eigenvalue weighted by Gasteiger charge is 2.14. The van der Waals surface area contributed by atoms with Crippen LogP contribution in [0.2, 0.25) is 0 Å². The van der Waals surface area contributed by atoms with Gasteiger partial charge in [0.05, 0.1) is 23.4 Å². The SMILES string of the molecule is COc1ccc(C(=O)OCc2nnc(-c3ccco3)o2)cc1Br. The summed E-state index contributed by atoms with van der Waals surface area (Å²) in [5, 5.41) is 7.62. The average Bonchev–Trinajstić information content (AvgIpc) is 3.23. The molecular weight excluding hydrogens is 368 g/mol. The largest absolute Gasteiger partial charge is 0.496 e. The lowest BCUT2D eigenvalue weighted by molar-refractivity contribution is 0.0438. The molecule has 0 fully saturated rings. The van der Waals surface area contributed by atoms with E-state index in [9.17, 15) is 4.79 Å². The standard InChI is InChI=1S/C15H11BrN2O5/c1-20-11-5-4-9(7-10(11)16)15(19)22-8-13-17-18-14(23-13)12-3-2-6-21-12/h2-7H,8H2,1H3. The molecule has 0 spiro atoms. The number of carbonyl (C=O) groups is 1. The number of hydrogen-bond acceptors (Lipinski definition) is 7. The van der Waals surface area contributed by atoms with E-state index in [0.717, 1.165) is 0 Å². The molecule has 0 saturated carbocycles. The van der Waals surface area contributed by atoms with Crippen LogP contribution in [0, 0.1) is 0 Å². The Labute approximate surface area is 139 Å². The topological polar surface area (TPSA) is 87.6 Å². The molecule has 0 unspecified atom stereocenters. The zero-order valence-corrected chi connectivity index (χ0v) is 13.6. The summed E-state index contributed by atoms with van der Waals surface area (Å²) in [6.45, 7) is -0.129. The van der Waals surface area contributed by atoms with E-state index in [1.54, 1.807) is 37.4 Å². The second-order valence-electron chi connectivity index (χ2n) is 4.40. The monoisotopic (exact) mass is 378 g/mol. The van der Waals surface area contributed by atoms with Crippen LogP contribution in [0.15, 0.2) is 49.9 Å². The molecule has 7 nitrogen and oxygen atoms in total. The maximum atomic E-state index is 12.0. The number of benzene rings is 1. The second-order valence-corrected chi connectivity index (χ2v) is 5.26. The van der Waals surface area contributed by atoms with Crippen LogP contribution in [0.25, 0.3) is 11.7 Å². The minimum atomic E-state index is -0.508. The van der Waals surface area contributed by atoms with E-state index in [1.807, 2.05) is 0 Å². The maximum Gasteiger partial charge on any atom is 0.338 e. The molecule has 0 N–H and O–H groups in total. The molecule has 0 aliphatic heterocycles. The van der Waals surface area contributed by atoms with E-state index in [4.69, 9.17) is 18.3 Å². The number of carbonyl (C=O) groups excluding carboxylic acids is 1. The quantitative estimate of drug-likeness (QED) is 0.628. The number of furan rings is 1. The summed E-state index contributed by atoms with van der Waals surface area (Å²) in [6, 6.07) is 8.29. The van der Waals surface area contributed by atoms with Gasteiger partial charge in [0.1, 0.15) is 5.75 Å². The van der Waals surface area contributed by atoms with Gasteiger partial charge in [0, 0.05) is 0 Å². The molecule has 2 heterocycles. The van der Waals surface area contributed by atoms with Gasteiger partial charge in [-0.1, -0.05) is 0 Å². The zero-order valence-electron chi connectivity index (χ0n) is 12.0. The van der Waals surface area contributed by atoms with Crippen molar-refractivity contribution in [2.75, 3.05) is 7.11 Å². The summed E-state index contributed by atoms with van der Waals surface area (Å²) in [5.41, 5.74) is 0.378. The van der Waals surface area contributed by atoms with Crippen molar-refractivity contribution in [1.82, 2.24) is 10.2 Å². The molecule has 2 aromatic heterocycles. The van der Waals surface area contributed by atoms with Gasteiger partial charge in [0.2, 0.25) is 0 Å². The van der Waals surface area contributed by atoms with Crippen molar-refractivity contribution in [2.24, 2.45) is 0 Å². The number of aromatic nitrogens is 2. The Bertz CT molecular complexity index is 813. The number of ether oxygens (including phenoxy) is 2. The first-order valence-corrected chi connectivity index (χ1v) is 7.33. The van der Waals surface area contributed by atoms with Crippen LogP contribution >= 0.6 is 15.9 Å². The van der Waals surface area contributed by atoms with Crippen molar-refractivity contribution in [3.63, 3.8) is 0 Å². The lowest BCUT2D eigenvalue weighted by atomic mass is 10.2. The van der Waals surface area contributed by atoms with Gasteiger partial charge >= 0.3 is 5.97 Å². The van der Waals surface area contributed by atoms with E-state index in [0.29, 0.717) is 21.5 Å². The Hall–Kier alpha value is -2.61. The smallest absolute Gasteiger partial charge is 0.338 e. The highest BCUT2D eigenvalue weighted by atomic mass is 79.9. The van der Waals surface area contributed by atoms with Crippen LogP contribution in [-0.2, 0) is 11.3 Å². The Morgan fingerprint density at radius 1 is 1.30 bits per heavy atom. The molecule has 3 aromatic rings. The summed E-state index contributed by atoms with van der Waals surface area (Å²) in [5.74, 6) is 0.979. The number of hydrogen-bond donors (Lipinski definition) is 0. The summed E-state index contributed by atoms with van der Waals surface area (Å²) < 4.78 is 21.4. The van der Waals surface area contributed by atoms with E-state index in [2.05, 4.69) is 26.1 Å². The first-order chi connectivity index (χ1) is 11.2. The first kappa shape index (κ1) is 15.3. The third-order valence-electron chi connectivity index (χ3n) is 2.91. The van der Waals surface area contributed by atoms with Crippen molar-refractivity contribution < 1.29 is 23.1 Å². The van der Waals surface area contributed by atoms with E-state index < -0.39 is 5.97 Å². The maximum absolute atomic E-state index is 12.0. The van der Waals surface area contributed by atoms with Crippen LogP contribution in [0.1, 0.15) is 16.2 Å². The van der Waals surface area contributed by atoms with Crippen LogP contribution in [-0.4, -0.2) is 23.3 Å². The molecule has 0 aliphatic rings. The molecular formula is C15H11BrN2O5. The lowest BCUT2D eigenvalue weighted by Crippen LogP contribution is -2.05. The van der Waals surface area contributed by atoms with Gasteiger partial charge in [-0.2, -0.15) is 0 Å². The summed E-state index contributed by atoms with van der Waals surface area (Å²) in [6.07, 6.45) is 1.50. The van der Waals surface area contributed by atoms with Crippen LogP contribution in [0.5, 0.6) is 5.75 Å². The van der Waals surface area contributed by atoms with Crippen LogP contribution in [0.4, 0.5) is 0 Å². The average molecular weight is 379 g/mol. The zero-order chi connectivity index (χ0) is 16.2. The van der Waals surface area contributed by atoms with Gasteiger partial charge in [0.25, 0.3) is 11.8 Å². The summed E-state index contributed by atoms with van der Waals surface area (Å²) in [4.78, 5) is 12.0. The fourth-order valence-electron chi connectivity index (χ4n) is 1.82. The molecule has 0 aliphatic carbocycles. The molecule has 0 bridgehead atoms. The predicted molar refractivity (Wildman–Crippen MR) is 81.8 cm³/mol. The van der Waals surface area contributed by atoms with Crippen molar-refractivity contribution in [3.05, 3.63) is 52.5 Å². The highest BCUT2D eigenvalue weighted by molar-refractivity contribution is 9.10. The molecule has 118 valence electrons. The number of rotatable bonds is 5. The van der Waals surface area contributed by atoms with Crippen molar-refractivity contribution in [3.8, 4) is 17.4 Å². The van der Waals surface area contributed by atoms with Gasteiger partial charge in [-0.25, -0.2) is 4.79 Å². The van der Waals surface area contributed by atoms with Gasteiger partial charge in [-0.3, -0.25) is 0 Å². The normalized spacial score (nSPS) is 10.5. The van der Waals surface area contributed by atoms with Gasteiger partial charge in [-0.05, 0) is 46.3 Å². The molecule has 0 amide bonds. The van der Waals surface area contributed by atoms with Crippen molar-refractivity contribution in [1.29, 1.82) is 0 Å². The molecule has 1 aromatic carbocycles. The Morgan fingerprint density at radius 2 is 2.17 bits per heavy atom. The lowest BCUT2D eigenvalue weighted by Gasteiger charge is -2.05. The summed E-state index contributed by atoms with van der Waals surface area (Å²) in [7, 11) is 1.55. The fraction of sp³-hybridized carbons (Fsp3) is 0.133. The Morgan fingerprint density at radius 3 is 2.87 bits per heavy atom. The molecule has 23 heavy (non-hydrogen) atoms.